The summed E-state index contributed by atoms with van der Waals surface area (Å²) in [6, 6.07) is 25.3. The molecule has 1 unspecified atom stereocenters. The van der Waals surface area contributed by atoms with Gasteiger partial charge in [0.25, 0.3) is 0 Å². The van der Waals surface area contributed by atoms with E-state index in [2.05, 4.69) is 72.3 Å². The standard InChI is InChI=1S/C44H52BN4O4/c1-28-40(44(37-14-8-5-11-34(37)42(50)53-44)41-29(2)49(45-3)39-16-10-7-13-36(39)41)35-12-6-9-15-38(35)48(28)25-26-52-43(51)47-33-23-19-31(20-24-33)27-30-17-21-32(46-4)22-18-30/h5-16,30-33,46H,17-27H2,1-4H3,(H,47,51). The molecule has 1 atom stereocenters. The number of para-hydroxylation sites is 2. The predicted octanol–water partition coefficient (Wildman–Crippen LogP) is 8.64. The highest BCUT2D eigenvalue weighted by Gasteiger charge is 2.53. The van der Waals surface area contributed by atoms with E-state index in [-0.39, 0.29) is 24.7 Å². The maximum atomic E-state index is 13.8. The highest BCUT2D eigenvalue weighted by atomic mass is 16.6. The molecular formula is C44H52BN4O4. The molecular weight excluding hydrogens is 659 g/mol. The van der Waals surface area contributed by atoms with Gasteiger partial charge in [0, 0.05) is 62.0 Å². The number of rotatable bonds is 10. The number of benzene rings is 3. The number of carbonyl (C=O) groups excluding carboxylic acids is 2. The van der Waals surface area contributed by atoms with Crippen LogP contribution in [0.15, 0.2) is 72.8 Å². The molecule has 5 aromatic rings. The van der Waals surface area contributed by atoms with Gasteiger partial charge in [0.05, 0.1) is 12.1 Å². The van der Waals surface area contributed by atoms with E-state index in [1.807, 2.05) is 55.4 Å². The number of cyclic esters (lactones) is 1. The largest absolute Gasteiger partial charge is 0.448 e. The lowest BCUT2D eigenvalue weighted by atomic mass is 9.76. The molecule has 3 aromatic carbocycles. The Hall–Kier alpha value is -4.50. The summed E-state index contributed by atoms with van der Waals surface area (Å²) in [6.07, 6.45) is 10.7. The van der Waals surface area contributed by atoms with Gasteiger partial charge in [-0.15, -0.1) is 0 Å². The van der Waals surface area contributed by atoms with Gasteiger partial charge in [-0.25, -0.2) is 9.59 Å². The fraction of sp³-hybridized carbons (Fsp3) is 0.455. The highest BCUT2D eigenvalue weighted by Crippen LogP contribution is 2.53. The number of esters is 1. The summed E-state index contributed by atoms with van der Waals surface area (Å²) in [5.74, 6) is 1.30. The Morgan fingerprint density at radius 1 is 0.811 bits per heavy atom. The number of nitrogens with zero attached hydrogens (tertiary/aromatic N) is 2. The molecule has 0 bridgehead atoms. The SMILES string of the molecule is C[B]n1c(C)c(C2(c3c(C)n(CCOC(=O)NC4CCC(CC5CCC(NC)CC5)CC4)c4ccccc34)OC(=O)c3ccccc32)c2ccccc21. The van der Waals surface area contributed by atoms with Crippen LogP contribution in [0.3, 0.4) is 0 Å². The molecule has 8 rings (SSSR count). The molecule has 275 valence electrons. The van der Waals surface area contributed by atoms with Crippen LogP contribution in [-0.2, 0) is 21.6 Å². The monoisotopic (exact) mass is 711 g/mol. The molecule has 2 saturated carbocycles. The topological polar surface area (TPSA) is 86.5 Å². The van der Waals surface area contributed by atoms with E-state index in [4.69, 9.17) is 9.47 Å². The van der Waals surface area contributed by atoms with E-state index in [9.17, 15) is 9.59 Å². The van der Waals surface area contributed by atoms with Crippen molar-refractivity contribution in [1.29, 1.82) is 0 Å². The summed E-state index contributed by atoms with van der Waals surface area (Å²) in [4.78, 5) is 26.9. The number of hydrogen-bond acceptors (Lipinski definition) is 5. The number of alkyl carbamates (subject to hydrolysis) is 1. The fourth-order valence-electron chi connectivity index (χ4n) is 10.2. The quantitative estimate of drug-likeness (QED) is 0.112. The lowest BCUT2D eigenvalue weighted by molar-refractivity contribution is 0.0255. The lowest BCUT2D eigenvalue weighted by Crippen LogP contribution is -2.38. The van der Waals surface area contributed by atoms with Crippen molar-refractivity contribution in [3.63, 3.8) is 0 Å². The van der Waals surface area contributed by atoms with E-state index in [0.717, 1.165) is 74.6 Å². The second kappa shape index (κ2) is 14.7. The Morgan fingerprint density at radius 3 is 2.08 bits per heavy atom. The third kappa shape index (κ3) is 6.25. The molecule has 53 heavy (non-hydrogen) atoms. The summed E-state index contributed by atoms with van der Waals surface area (Å²) in [5, 5.41) is 8.67. The summed E-state index contributed by atoms with van der Waals surface area (Å²) in [6.45, 7) is 6.92. The summed E-state index contributed by atoms with van der Waals surface area (Å²) >= 11 is 0. The summed E-state index contributed by atoms with van der Waals surface area (Å²) < 4.78 is 17.0. The molecule has 3 aliphatic rings. The third-order valence-corrected chi connectivity index (χ3v) is 12.8. The minimum absolute atomic E-state index is 0.169. The van der Waals surface area contributed by atoms with Crippen LogP contribution < -0.4 is 10.6 Å². The van der Waals surface area contributed by atoms with Crippen LogP contribution in [0.1, 0.15) is 96.2 Å². The Morgan fingerprint density at radius 2 is 1.40 bits per heavy atom. The van der Waals surface area contributed by atoms with Crippen LogP contribution in [0.2, 0.25) is 6.82 Å². The Labute approximate surface area is 313 Å². The van der Waals surface area contributed by atoms with Crippen molar-refractivity contribution in [2.24, 2.45) is 11.8 Å². The second-order valence-corrected chi connectivity index (χ2v) is 15.6. The number of amides is 1. The van der Waals surface area contributed by atoms with Crippen molar-refractivity contribution in [3.8, 4) is 0 Å². The van der Waals surface area contributed by atoms with Crippen molar-refractivity contribution in [3.05, 3.63) is 106 Å². The van der Waals surface area contributed by atoms with Gasteiger partial charge < -0.3 is 29.2 Å². The van der Waals surface area contributed by atoms with Crippen LogP contribution in [-0.4, -0.2) is 54.3 Å². The molecule has 2 aliphatic carbocycles. The molecule has 2 aromatic heterocycles. The maximum absolute atomic E-state index is 13.8. The van der Waals surface area contributed by atoms with Crippen LogP contribution in [0, 0.1) is 25.7 Å². The second-order valence-electron chi connectivity index (χ2n) is 15.6. The van der Waals surface area contributed by atoms with E-state index in [1.165, 1.54) is 44.9 Å². The number of fused-ring (bicyclic) bond motifs is 3. The molecule has 1 radical (unpaired) electrons. The van der Waals surface area contributed by atoms with Gasteiger partial charge in [0.1, 0.15) is 6.61 Å². The average Bonchev–Trinajstić information content (AvgIpc) is 3.75. The first-order valence-electron chi connectivity index (χ1n) is 19.7. The zero-order valence-electron chi connectivity index (χ0n) is 31.6. The molecule has 9 heteroatoms. The van der Waals surface area contributed by atoms with Gasteiger partial charge in [0.15, 0.2) is 5.60 Å². The number of carbonyl (C=O) groups is 2. The number of aromatic nitrogens is 2. The minimum atomic E-state index is -1.19. The Bertz CT molecular complexity index is 2140. The van der Waals surface area contributed by atoms with Crippen LogP contribution in [0.5, 0.6) is 0 Å². The van der Waals surface area contributed by atoms with Crippen molar-refractivity contribution in [2.75, 3.05) is 13.7 Å². The van der Waals surface area contributed by atoms with E-state index in [0.29, 0.717) is 18.2 Å². The molecule has 0 spiro atoms. The van der Waals surface area contributed by atoms with E-state index >= 15 is 0 Å². The van der Waals surface area contributed by atoms with Gasteiger partial charge in [-0.05, 0) is 109 Å². The number of nitrogens with one attached hydrogen (secondary N) is 2. The molecule has 0 saturated heterocycles. The van der Waals surface area contributed by atoms with E-state index < -0.39 is 5.60 Å². The molecule has 1 aliphatic heterocycles. The average molecular weight is 712 g/mol. The molecule has 1 amide bonds. The molecule has 8 nitrogen and oxygen atoms in total. The van der Waals surface area contributed by atoms with Crippen LogP contribution >= 0.6 is 0 Å². The smallest absolute Gasteiger partial charge is 0.407 e. The van der Waals surface area contributed by atoms with Gasteiger partial charge >= 0.3 is 12.1 Å². The fourth-order valence-corrected chi connectivity index (χ4v) is 10.2. The number of hydrogen-bond donors (Lipinski definition) is 2. The first-order valence-corrected chi connectivity index (χ1v) is 19.7. The van der Waals surface area contributed by atoms with Crippen LogP contribution in [0.4, 0.5) is 4.79 Å². The highest BCUT2D eigenvalue weighted by molar-refractivity contribution is 6.34. The van der Waals surface area contributed by atoms with Gasteiger partial charge in [0.2, 0.25) is 7.41 Å². The normalized spacial score (nSPS) is 24.3. The van der Waals surface area contributed by atoms with Gasteiger partial charge in [-0.2, -0.15) is 0 Å². The summed E-state index contributed by atoms with van der Waals surface area (Å²) in [7, 11) is 4.15. The first kappa shape index (κ1) is 35.5. The zero-order chi connectivity index (χ0) is 36.7. The van der Waals surface area contributed by atoms with Crippen molar-refractivity contribution >= 4 is 41.3 Å². The maximum Gasteiger partial charge on any atom is 0.407 e. The Kier molecular flexibility index (Phi) is 9.88. The predicted molar refractivity (Wildman–Crippen MR) is 212 cm³/mol. The van der Waals surface area contributed by atoms with Crippen LogP contribution in [0.25, 0.3) is 21.8 Å². The van der Waals surface area contributed by atoms with Crippen molar-refractivity contribution in [2.45, 2.75) is 103 Å². The van der Waals surface area contributed by atoms with Crippen molar-refractivity contribution < 1.29 is 19.1 Å². The lowest BCUT2D eigenvalue weighted by Gasteiger charge is -2.34. The zero-order valence-corrected chi connectivity index (χ0v) is 31.6. The first-order chi connectivity index (χ1) is 25.8. The molecule has 3 heterocycles. The van der Waals surface area contributed by atoms with Crippen molar-refractivity contribution in [1.82, 2.24) is 19.7 Å². The van der Waals surface area contributed by atoms with E-state index in [1.54, 1.807) is 0 Å². The third-order valence-electron chi connectivity index (χ3n) is 12.8. The summed E-state index contributed by atoms with van der Waals surface area (Å²) in [5.41, 5.74) is 6.16. The minimum Gasteiger partial charge on any atom is -0.448 e. The van der Waals surface area contributed by atoms with Gasteiger partial charge in [-0.1, -0.05) is 61.4 Å². The van der Waals surface area contributed by atoms with Gasteiger partial charge in [-0.3, -0.25) is 0 Å². The number of ether oxygens (including phenoxy) is 2. The molecule has 2 fully saturated rings. The Balaban J connectivity index is 1.03. The molecule has 2 N–H and O–H groups in total.